The zero-order chi connectivity index (χ0) is 11.3. The zero-order valence-electron chi connectivity index (χ0n) is 8.10. The van der Waals surface area contributed by atoms with E-state index in [1.54, 1.807) is 12.1 Å². The second-order valence-corrected chi connectivity index (χ2v) is 2.76. The van der Waals surface area contributed by atoms with Gasteiger partial charge < -0.3 is 14.3 Å². The fourth-order valence-corrected chi connectivity index (χ4v) is 0.888. The van der Waals surface area contributed by atoms with Gasteiger partial charge in [-0.25, -0.2) is 4.79 Å². The maximum atomic E-state index is 10.5. The Morgan fingerprint density at radius 2 is 2.27 bits per heavy atom. The summed E-state index contributed by atoms with van der Waals surface area (Å²) in [5.41, 5.74) is 0. The molecule has 1 aromatic heterocycles. The van der Waals surface area contributed by atoms with Crippen molar-refractivity contribution in [3.63, 3.8) is 0 Å². The summed E-state index contributed by atoms with van der Waals surface area (Å²) < 4.78 is 9.85. The fraction of sp³-hybridized carbons (Fsp3) is 0.200. The quantitative estimate of drug-likeness (QED) is 0.601. The molecule has 0 unspecified atom stereocenters. The number of furan rings is 1. The van der Waals surface area contributed by atoms with Gasteiger partial charge in [0.05, 0.1) is 0 Å². The number of hydrogen-bond donors (Lipinski definition) is 1. The van der Waals surface area contributed by atoms with Crippen LogP contribution in [0.5, 0.6) is 0 Å². The van der Waals surface area contributed by atoms with Gasteiger partial charge in [0, 0.05) is 13.0 Å². The van der Waals surface area contributed by atoms with Crippen LogP contribution in [-0.4, -0.2) is 17.0 Å². The van der Waals surface area contributed by atoms with Crippen LogP contribution in [0.2, 0.25) is 0 Å². The SMILES string of the molecule is CC(=O)OCc1ccc(/C=C/C(=O)O)o1. The molecule has 1 N–H and O–H groups in total. The van der Waals surface area contributed by atoms with Gasteiger partial charge in [0.1, 0.15) is 18.1 Å². The summed E-state index contributed by atoms with van der Waals surface area (Å²) in [5.74, 6) is -0.572. The Kier molecular flexibility index (Phi) is 3.68. The number of carboxylic acids is 1. The molecule has 1 heterocycles. The van der Waals surface area contributed by atoms with Gasteiger partial charge in [0.2, 0.25) is 0 Å². The monoisotopic (exact) mass is 210 g/mol. The first-order chi connectivity index (χ1) is 7.08. The molecule has 0 atom stereocenters. The predicted octanol–water partition coefficient (Wildman–Crippen LogP) is 1.44. The van der Waals surface area contributed by atoms with Crippen molar-refractivity contribution < 1.29 is 23.8 Å². The molecule has 0 fully saturated rings. The Morgan fingerprint density at radius 3 is 2.87 bits per heavy atom. The molecule has 80 valence electrons. The molecule has 1 aromatic rings. The van der Waals surface area contributed by atoms with E-state index in [4.69, 9.17) is 14.3 Å². The average Bonchev–Trinajstić information content (AvgIpc) is 2.59. The summed E-state index contributed by atoms with van der Waals surface area (Å²) in [5, 5.41) is 8.36. The maximum absolute atomic E-state index is 10.5. The maximum Gasteiger partial charge on any atom is 0.328 e. The van der Waals surface area contributed by atoms with E-state index in [9.17, 15) is 9.59 Å². The lowest BCUT2D eigenvalue weighted by Crippen LogP contribution is -1.97. The first-order valence-electron chi connectivity index (χ1n) is 4.21. The molecule has 0 aromatic carbocycles. The van der Waals surface area contributed by atoms with Crippen LogP contribution in [0.25, 0.3) is 6.08 Å². The molecule has 0 bridgehead atoms. The van der Waals surface area contributed by atoms with Crippen LogP contribution >= 0.6 is 0 Å². The summed E-state index contributed by atoms with van der Waals surface area (Å²) in [6.45, 7) is 1.35. The van der Waals surface area contributed by atoms with Gasteiger partial charge in [0.25, 0.3) is 0 Å². The van der Waals surface area contributed by atoms with Crippen molar-refractivity contribution in [3.05, 3.63) is 29.7 Å². The van der Waals surface area contributed by atoms with Gasteiger partial charge in [-0.2, -0.15) is 0 Å². The lowest BCUT2D eigenvalue weighted by Gasteiger charge is -1.96. The van der Waals surface area contributed by atoms with Crippen molar-refractivity contribution in [2.75, 3.05) is 0 Å². The third-order valence-corrected chi connectivity index (χ3v) is 1.49. The van der Waals surface area contributed by atoms with Crippen molar-refractivity contribution in [3.8, 4) is 0 Å². The molecule has 0 amide bonds. The highest BCUT2D eigenvalue weighted by atomic mass is 16.5. The first kappa shape index (κ1) is 11.0. The van der Waals surface area contributed by atoms with E-state index in [1.807, 2.05) is 0 Å². The van der Waals surface area contributed by atoms with E-state index < -0.39 is 11.9 Å². The normalized spacial score (nSPS) is 10.5. The number of carbonyl (C=O) groups excluding carboxylic acids is 1. The molecule has 0 aliphatic rings. The Balaban J connectivity index is 2.56. The van der Waals surface area contributed by atoms with Crippen molar-refractivity contribution in [2.45, 2.75) is 13.5 Å². The van der Waals surface area contributed by atoms with Gasteiger partial charge >= 0.3 is 11.9 Å². The van der Waals surface area contributed by atoms with Crippen LogP contribution in [0.3, 0.4) is 0 Å². The standard InChI is InChI=1S/C10H10O5/c1-7(11)14-6-9-3-2-8(15-9)4-5-10(12)13/h2-5H,6H2,1H3,(H,12,13)/b5-4+. The third kappa shape index (κ3) is 4.12. The number of aliphatic carboxylic acids is 1. The van der Waals surface area contributed by atoms with E-state index in [0.29, 0.717) is 11.5 Å². The van der Waals surface area contributed by atoms with Crippen molar-refractivity contribution in [1.29, 1.82) is 0 Å². The number of carbonyl (C=O) groups is 2. The van der Waals surface area contributed by atoms with Crippen molar-refractivity contribution in [2.24, 2.45) is 0 Å². The molecule has 0 aliphatic heterocycles. The number of esters is 1. The molecule has 0 spiro atoms. The highest BCUT2D eigenvalue weighted by Gasteiger charge is 2.01. The van der Waals surface area contributed by atoms with Crippen LogP contribution in [0, 0.1) is 0 Å². The highest BCUT2D eigenvalue weighted by molar-refractivity contribution is 5.84. The lowest BCUT2D eigenvalue weighted by molar-refractivity contribution is -0.142. The summed E-state index contributed by atoms with van der Waals surface area (Å²) in [6.07, 6.45) is 2.29. The van der Waals surface area contributed by atoms with Gasteiger partial charge in [-0.3, -0.25) is 4.79 Å². The number of carboxylic acid groups (broad SMARTS) is 1. The molecule has 0 saturated heterocycles. The van der Waals surface area contributed by atoms with E-state index >= 15 is 0 Å². The van der Waals surface area contributed by atoms with Gasteiger partial charge in [0.15, 0.2) is 0 Å². The van der Waals surface area contributed by atoms with Crippen LogP contribution in [0.15, 0.2) is 22.6 Å². The zero-order valence-corrected chi connectivity index (χ0v) is 8.10. The summed E-state index contributed by atoms with van der Waals surface area (Å²) in [7, 11) is 0. The molecule has 1 rings (SSSR count). The average molecular weight is 210 g/mol. The van der Waals surface area contributed by atoms with Gasteiger partial charge in [-0.05, 0) is 18.2 Å². The Hall–Kier alpha value is -2.04. The topological polar surface area (TPSA) is 76.7 Å². The summed E-state index contributed by atoms with van der Waals surface area (Å²) >= 11 is 0. The van der Waals surface area contributed by atoms with E-state index in [0.717, 1.165) is 6.08 Å². The number of hydrogen-bond acceptors (Lipinski definition) is 4. The number of ether oxygens (including phenoxy) is 1. The summed E-state index contributed by atoms with van der Waals surface area (Å²) in [6, 6.07) is 3.21. The van der Waals surface area contributed by atoms with Crippen molar-refractivity contribution in [1.82, 2.24) is 0 Å². The number of rotatable bonds is 4. The molecular formula is C10H10O5. The van der Waals surface area contributed by atoms with Crippen LogP contribution in [0.4, 0.5) is 0 Å². The lowest BCUT2D eigenvalue weighted by atomic mass is 10.4. The molecule has 5 heteroatoms. The largest absolute Gasteiger partial charge is 0.478 e. The van der Waals surface area contributed by atoms with E-state index in [1.165, 1.54) is 13.0 Å². The second kappa shape index (κ2) is 4.99. The molecular weight excluding hydrogens is 200 g/mol. The molecule has 5 nitrogen and oxygen atoms in total. The second-order valence-electron chi connectivity index (χ2n) is 2.76. The van der Waals surface area contributed by atoms with Gasteiger partial charge in [-0.15, -0.1) is 0 Å². The molecule has 0 saturated carbocycles. The van der Waals surface area contributed by atoms with Crippen LogP contribution in [0.1, 0.15) is 18.4 Å². The summed E-state index contributed by atoms with van der Waals surface area (Å²) in [4.78, 5) is 20.7. The third-order valence-electron chi connectivity index (χ3n) is 1.49. The van der Waals surface area contributed by atoms with Crippen LogP contribution in [-0.2, 0) is 20.9 Å². The van der Waals surface area contributed by atoms with Gasteiger partial charge in [-0.1, -0.05) is 0 Å². The highest BCUT2D eigenvalue weighted by Crippen LogP contribution is 2.10. The molecule has 0 radical (unpaired) electrons. The Morgan fingerprint density at radius 1 is 1.53 bits per heavy atom. The predicted molar refractivity (Wildman–Crippen MR) is 50.8 cm³/mol. The van der Waals surface area contributed by atoms with E-state index in [-0.39, 0.29) is 6.61 Å². The Bertz CT molecular complexity index is 388. The first-order valence-corrected chi connectivity index (χ1v) is 4.21. The van der Waals surface area contributed by atoms with E-state index in [2.05, 4.69) is 0 Å². The van der Waals surface area contributed by atoms with Crippen LogP contribution < -0.4 is 0 Å². The molecule has 15 heavy (non-hydrogen) atoms. The molecule has 0 aliphatic carbocycles. The fourth-order valence-electron chi connectivity index (χ4n) is 0.888. The Labute approximate surface area is 86.0 Å². The minimum atomic E-state index is -1.05. The van der Waals surface area contributed by atoms with Crippen molar-refractivity contribution >= 4 is 18.0 Å². The minimum absolute atomic E-state index is 0.0518. The minimum Gasteiger partial charge on any atom is -0.478 e. The smallest absolute Gasteiger partial charge is 0.328 e.